The molecule has 13 heteroatoms. The molecule has 0 spiro atoms. The molecule has 4 N–H and O–H groups in total. The normalized spacial score (nSPS) is 18.2. The Kier molecular flexibility index (Phi) is 11.4. The van der Waals surface area contributed by atoms with E-state index in [1.807, 2.05) is 23.6 Å². The van der Waals surface area contributed by atoms with Crippen LogP contribution in [0.4, 0.5) is 18.9 Å². The van der Waals surface area contributed by atoms with E-state index in [0.29, 0.717) is 85.6 Å². The smallest absolute Gasteiger partial charge is 0.368 e. The van der Waals surface area contributed by atoms with E-state index >= 15 is 0 Å². The van der Waals surface area contributed by atoms with Crippen LogP contribution in [0.5, 0.6) is 0 Å². The van der Waals surface area contributed by atoms with Crippen molar-refractivity contribution in [2.75, 3.05) is 63.8 Å². The molecular weight excluding hydrogens is 616 g/mol. The van der Waals surface area contributed by atoms with Gasteiger partial charge in [-0.05, 0) is 53.8 Å². The lowest BCUT2D eigenvalue weighted by atomic mass is 9.94. The molecule has 2 saturated heterocycles. The van der Waals surface area contributed by atoms with Gasteiger partial charge in [0.05, 0.1) is 12.1 Å². The van der Waals surface area contributed by atoms with Gasteiger partial charge in [0.1, 0.15) is 6.04 Å². The first-order valence-electron chi connectivity index (χ1n) is 14.9. The van der Waals surface area contributed by atoms with Gasteiger partial charge in [-0.15, -0.1) is 0 Å². The maximum atomic E-state index is 14.1. The summed E-state index contributed by atoms with van der Waals surface area (Å²) < 4.78 is 40.7. The average Bonchev–Trinajstić information content (AvgIpc) is 2.96. The number of piperazine rings is 2. The van der Waals surface area contributed by atoms with Crippen LogP contribution in [0.1, 0.15) is 43.0 Å². The molecule has 2 atom stereocenters. The van der Waals surface area contributed by atoms with E-state index in [1.54, 1.807) is 28.0 Å². The van der Waals surface area contributed by atoms with Crippen molar-refractivity contribution in [1.82, 2.24) is 14.7 Å². The first kappa shape index (κ1) is 34.3. The molecule has 2 heterocycles. The molecule has 0 radical (unpaired) electrons. The predicted molar refractivity (Wildman–Crippen MR) is 168 cm³/mol. The van der Waals surface area contributed by atoms with E-state index in [9.17, 15) is 22.8 Å². The molecular formula is C31H41Cl2F3N6O2. The molecule has 2 aliphatic heterocycles. The van der Waals surface area contributed by atoms with Gasteiger partial charge in [0, 0.05) is 80.6 Å². The third-order valence-corrected chi connectivity index (χ3v) is 8.87. The molecule has 0 aliphatic carbocycles. The Morgan fingerprint density at radius 3 is 2.30 bits per heavy atom. The number of carbonyl (C=O) groups is 2. The summed E-state index contributed by atoms with van der Waals surface area (Å²) in [5, 5.41) is 0.891. The Morgan fingerprint density at radius 2 is 1.70 bits per heavy atom. The van der Waals surface area contributed by atoms with Crippen LogP contribution in [0.15, 0.2) is 36.4 Å². The summed E-state index contributed by atoms with van der Waals surface area (Å²) >= 11 is 12.6. The van der Waals surface area contributed by atoms with E-state index in [1.165, 1.54) is 6.07 Å². The second-order valence-electron chi connectivity index (χ2n) is 11.9. The van der Waals surface area contributed by atoms with Gasteiger partial charge >= 0.3 is 6.18 Å². The summed E-state index contributed by atoms with van der Waals surface area (Å²) in [6.07, 6.45) is -3.72. The number of nitrogens with zero attached hydrogens (tertiary/aromatic N) is 4. The van der Waals surface area contributed by atoms with Crippen molar-refractivity contribution >= 4 is 40.7 Å². The third-order valence-electron chi connectivity index (χ3n) is 8.28. The Balaban J connectivity index is 1.54. The fourth-order valence-corrected chi connectivity index (χ4v) is 6.48. The zero-order chi connectivity index (χ0) is 32.2. The van der Waals surface area contributed by atoms with Gasteiger partial charge < -0.3 is 26.2 Å². The Labute approximate surface area is 267 Å². The van der Waals surface area contributed by atoms with Gasteiger partial charge in [0.15, 0.2) is 0 Å². The molecule has 0 bridgehead atoms. The first-order valence-corrected chi connectivity index (χ1v) is 15.7. The second kappa shape index (κ2) is 14.7. The summed E-state index contributed by atoms with van der Waals surface area (Å²) in [5.74, 6) is -0.145. The fraction of sp³-hybridized carbons (Fsp3) is 0.548. The summed E-state index contributed by atoms with van der Waals surface area (Å²) in [7, 11) is 0. The predicted octanol–water partition coefficient (Wildman–Crippen LogP) is 4.42. The van der Waals surface area contributed by atoms with Crippen LogP contribution in [0, 0.1) is 5.92 Å². The highest BCUT2D eigenvalue weighted by Gasteiger charge is 2.38. The molecule has 2 aliphatic rings. The monoisotopic (exact) mass is 656 g/mol. The number of hydrogen-bond donors (Lipinski definition) is 2. The van der Waals surface area contributed by atoms with Crippen molar-refractivity contribution in [3.8, 4) is 0 Å². The number of amides is 2. The van der Waals surface area contributed by atoms with Crippen LogP contribution in [0.3, 0.4) is 0 Å². The van der Waals surface area contributed by atoms with Crippen molar-refractivity contribution in [3.05, 3.63) is 63.1 Å². The van der Waals surface area contributed by atoms with Gasteiger partial charge in [0.25, 0.3) is 0 Å². The van der Waals surface area contributed by atoms with Crippen LogP contribution in [0.2, 0.25) is 10.0 Å². The highest BCUT2D eigenvalue weighted by molar-refractivity contribution is 6.35. The third kappa shape index (κ3) is 8.37. The van der Waals surface area contributed by atoms with E-state index < -0.39 is 23.8 Å². The molecule has 44 heavy (non-hydrogen) atoms. The number of anilines is 1. The standard InChI is InChI=1S/C31H41Cl2F3N6O2/c1-20(2)15-26(38)24-17-22(31(34,35)36)4-6-27(24)40-10-12-41(13-11-40)30(44)28(16-21-3-5-23(32)18-25(21)33)42-14-9-39(8-7-37)19-29(42)43/h3-6,17-18,20,26,28H,7-16,19,37-38H2,1-2H3. The number of hydrogen-bond acceptors (Lipinski definition) is 6. The molecule has 2 fully saturated rings. The molecule has 8 nitrogen and oxygen atoms in total. The number of carbonyl (C=O) groups excluding carboxylic acids is 2. The fourth-order valence-electron chi connectivity index (χ4n) is 5.99. The lowest BCUT2D eigenvalue weighted by Gasteiger charge is -2.43. The topological polar surface area (TPSA) is 99.1 Å². The quantitative estimate of drug-likeness (QED) is 0.393. The SMILES string of the molecule is CC(C)CC(N)c1cc(C(F)(F)F)ccc1N1CCN(C(=O)C(Cc2ccc(Cl)cc2Cl)N2CCN(CCN)CC2=O)CC1. The Morgan fingerprint density at radius 1 is 1.00 bits per heavy atom. The van der Waals surface area contributed by atoms with Gasteiger partial charge in [-0.25, -0.2) is 0 Å². The van der Waals surface area contributed by atoms with Crippen molar-refractivity contribution in [1.29, 1.82) is 0 Å². The largest absolute Gasteiger partial charge is 0.416 e. The van der Waals surface area contributed by atoms with Gasteiger partial charge in [-0.1, -0.05) is 43.1 Å². The minimum absolute atomic E-state index is 0.152. The summed E-state index contributed by atoms with van der Waals surface area (Å²) in [6, 6.07) is 7.48. The van der Waals surface area contributed by atoms with E-state index in [2.05, 4.69) is 0 Å². The zero-order valence-corrected chi connectivity index (χ0v) is 26.6. The number of alkyl halides is 3. The molecule has 2 aromatic carbocycles. The lowest BCUT2D eigenvalue weighted by Crippen LogP contribution is -2.61. The lowest BCUT2D eigenvalue weighted by molar-refractivity contribution is -0.149. The Hall–Kier alpha value is -2.57. The van der Waals surface area contributed by atoms with Crippen LogP contribution in [-0.2, 0) is 22.2 Å². The Bertz CT molecular complexity index is 1320. The van der Waals surface area contributed by atoms with Crippen molar-refractivity contribution in [2.45, 2.75) is 44.9 Å². The minimum Gasteiger partial charge on any atom is -0.368 e. The number of rotatable bonds is 10. The first-order chi connectivity index (χ1) is 20.8. The molecule has 242 valence electrons. The van der Waals surface area contributed by atoms with Crippen LogP contribution in [-0.4, -0.2) is 91.5 Å². The van der Waals surface area contributed by atoms with Gasteiger partial charge in [0.2, 0.25) is 11.8 Å². The summed E-state index contributed by atoms with van der Waals surface area (Å²) in [5.41, 5.74) is 13.2. The van der Waals surface area contributed by atoms with Gasteiger partial charge in [-0.2, -0.15) is 13.2 Å². The molecule has 4 rings (SSSR count). The highest BCUT2D eigenvalue weighted by atomic mass is 35.5. The van der Waals surface area contributed by atoms with Crippen molar-refractivity contribution < 1.29 is 22.8 Å². The maximum Gasteiger partial charge on any atom is 0.416 e. The molecule has 2 unspecified atom stereocenters. The second-order valence-corrected chi connectivity index (χ2v) is 12.8. The number of benzene rings is 2. The number of nitrogens with two attached hydrogens (primary N) is 2. The van der Waals surface area contributed by atoms with E-state index in [4.69, 9.17) is 34.7 Å². The van der Waals surface area contributed by atoms with E-state index in [0.717, 1.165) is 12.1 Å². The summed E-state index contributed by atoms with van der Waals surface area (Å²) in [6.45, 7) is 7.63. The highest BCUT2D eigenvalue weighted by Crippen LogP contribution is 2.37. The minimum atomic E-state index is -4.48. The molecule has 0 aromatic heterocycles. The van der Waals surface area contributed by atoms with Crippen molar-refractivity contribution in [3.63, 3.8) is 0 Å². The average molecular weight is 658 g/mol. The molecule has 2 aromatic rings. The van der Waals surface area contributed by atoms with Crippen LogP contribution < -0.4 is 16.4 Å². The van der Waals surface area contributed by atoms with Gasteiger partial charge in [-0.3, -0.25) is 14.5 Å². The van der Waals surface area contributed by atoms with E-state index in [-0.39, 0.29) is 30.7 Å². The number of halogens is 5. The maximum absolute atomic E-state index is 14.1. The summed E-state index contributed by atoms with van der Waals surface area (Å²) in [4.78, 5) is 34.7. The van der Waals surface area contributed by atoms with Crippen molar-refractivity contribution in [2.24, 2.45) is 17.4 Å². The molecule has 0 saturated carbocycles. The molecule has 2 amide bonds. The zero-order valence-electron chi connectivity index (χ0n) is 25.1. The van der Waals surface area contributed by atoms with Crippen LogP contribution >= 0.6 is 23.2 Å². The van der Waals surface area contributed by atoms with Crippen LogP contribution in [0.25, 0.3) is 0 Å².